The zero-order valence-corrected chi connectivity index (χ0v) is 19.6. The molecular formula is C25H27N3O5. The second kappa shape index (κ2) is 8.97. The normalized spacial score (nSPS) is 11.7. The van der Waals surface area contributed by atoms with Gasteiger partial charge in [0.15, 0.2) is 6.29 Å². The summed E-state index contributed by atoms with van der Waals surface area (Å²) in [5, 5.41) is 0.420. The summed E-state index contributed by atoms with van der Waals surface area (Å²) in [6.07, 6.45) is 2.01. The number of carbonyl (C=O) groups excluding carboxylic acids is 3. The number of anilines is 1. The molecule has 0 fully saturated rings. The lowest BCUT2D eigenvalue weighted by Crippen LogP contribution is -2.44. The first-order valence-electron chi connectivity index (χ1n) is 10.4. The summed E-state index contributed by atoms with van der Waals surface area (Å²) < 4.78 is 10.9. The Kier molecular flexibility index (Phi) is 6.48. The van der Waals surface area contributed by atoms with Gasteiger partial charge in [-0.3, -0.25) is 9.78 Å². The van der Waals surface area contributed by atoms with E-state index in [0.29, 0.717) is 22.9 Å². The summed E-state index contributed by atoms with van der Waals surface area (Å²) in [5.74, 6) is 0. The maximum absolute atomic E-state index is 13.1. The number of ether oxygens (including phenoxy) is 2. The lowest BCUT2D eigenvalue weighted by molar-refractivity contribution is 0.0431. The summed E-state index contributed by atoms with van der Waals surface area (Å²) in [6.45, 7) is 10.1. The number of hydrogen-bond donors (Lipinski definition) is 0. The summed E-state index contributed by atoms with van der Waals surface area (Å²) >= 11 is 0. The third-order valence-corrected chi connectivity index (χ3v) is 4.33. The van der Waals surface area contributed by atoms with Gasteiger partial charge in [0.25, 0.3) is 0 Å². The monoisotopic (exact) mass is 449 g/mol. The molecule has 8 nitrogen and oxygen atoms in total. The maximum Gasteiger partial charge on any atom is 0.424 e. The fourth-order valence-corrected chi connectivity index (χ4v) is 3.10. The quantitative estimate of drug-likeness (QED) is 0.467. The molecule has 1 aromatic carbocycles. The third kappa shape index (κ3) is 5.71. The minimum atomic E-state index is -0.955. The highest BCUT2D eigenvalue weighted by molar-refractivity contribution is 6.18. The molecule has 0 spiro atoms. The van der Waals surface area contributed by atoms with Crippen LogP contribution >= 0.6 is 0 Å². The third-order valence-electron chi connectivity index (χ3n) is 4.33. The number of benzene rings is 1. The Balaban J connectivity index is 2.22. The summed E-state index contributed by atoms with van der Waals surface area (Å²) in [7, 11) is 0. The largest absolute Gasteiger partial charge is 0.443 e. The van der Waals surface area contributed by atoms with E-state index in [-0.39, 0.29) is 11.3 Å². The zero-order valence-electron chi connectivity index (χ0n) is 19.6. The van der Waals surface area contributed by atoms with Gasteiger partial charge in [-0.15, -0.1) is 0 Å². The summed E-state index contributed by atoms with van der Waals surface area (Å²) in [4.78, 5) is 47.7. The van der Waals surface area contributed by atoms with Gasteiger partial charge in [0.2, 0.25) is 0 Å². The zero-order chi connectivity index (χ0) is 24.4. The van der Waals surface area contributed by atoms with Crippen LogP contribution in [0.3, 0.4) is 0 Å². The van der Waals surface area contributed by atoms with E-state index in [0.717, 1.165) is 10.5 Å². The molecule has 8 heteroatoms. The highest BCUT2D eigenvalue weighted by Crippen LogP contribution is 2.33. The van der Waals surface area contributed by atoms with Crippen molar-refractivity contribution in [2.75, 3.05) is 4.90 Å². The first kappa shape index (κ1) is 23.8. The Morgan fingerprint density at radius 2 is 1.55 bits per heavy atom. The minimum absolute atomic E-state index is 0.0521. The topological polar surface area (TPSA) is 98.7 Å². The van der Waals surface area contributed by atoms with Crippen LogP contribution in [0.4, 0.5) is 15.3 Å². The van der Waals surface area contributed by atoms with Crippen molar-refractivity contribution in [2.24, 2.45) is 0 Å². The Labute approximate surface area is 192 Å². The van der Waals surface area contributed by atoms with Gasteiger partial charge in [0.1, 0.15) is 11.2 Å². The minimum Gasteiger partial charge on any atom is -0.443 e. The van der Waals surface area contributed by atoms with E-state index in [1.807, 2.05) is 6.07 Å². The molecule has 172 valence electrons. The van der Waals surface area contributed by atoms with Crippen LogP contribution in [0, 0.1) is 0 Å². The van der Waals surface area contributed by atoms with E-state index < -0.39 is 23.4 Å². The molecule has 33 heavy (non-hydrogen) atoms. The number of aldehydes is 1. The lowest BCUT2D eigenvalue weighted by Gasteiger charge is -2.29. The highest BCUT2D eigenvalue weighted by Gasteiger charge is 2.35. The number of imide groups is 1. The van der Waals surface area contributed by atoms with Crippen molar-refractivity contribution in [2.45, 2.75) is 52.7 Å². The van der Waals surface area contributed by atoms with E-state index in [1.54, 1.807) is 78.2 Å². The molecule has 2 aromatic heterocycles. The SMILES string of the molecule is CC(C)(C)OC(=O)N(C(=O)OC(C)(C)C)c1c(C=O)ccc2nc(-c3cccnc3)ccc12. The average Bonchev–Trinajstić information content (AvgIpc) is 2.71. The Morgan fingerprint density at radius 1 is 0.909 bits per heavy atom. The van der Waals surface area contributed by atoms with Crippen molar-refractivity contribution in [1.29, 1.82) is 0 Å². The smallest absolute Gasteiger partial charge is 0.424 e. The van der Waals surface area contributed by atoms with Gasteiger partial charge in [-0.05, 0) is 77.9 Å². The Bertz CT molecular complexity index is 1170. The molecule has 3 rings (SSSR count). The number of rotatable bonds is 3. The molecule has 0 aliphatic heterocycles. The first-order chi connectivity index (χ1) is 15.4. The summed E-state index contributed by atoms with van der Waals surface area (Å²) in [6, 6.07) is 10.3. The van der Waals surface area contributed by atoms with Gasteiger partial charge in [-0.1, -0.05) is 0 Å². The predicted molar refractivity (Wildman–Crippen MR) is 125 cm³/mol. The molecule has 0 unspecified atom stereocenters. The molecule has 0 N–H and O–H groups in total. The molecule has 0 saturated heterocycles. The Hall–Kier alpha value is -3.81. The van der Waals surface area contributed by atoms with E-state index >= 15 is 0 Å². The number of hydrogen-bond acceptors (Lipinski definition) is 7. The van der Waals surface area contributed by atoms with Crippen LogP contribution in [0.5, 0.6) is 0 Å². The number of aromatic nitrogens is 2. The van der Waals surface area contributed by atoms with Crippen molar-refractivity contribution >= 4 is 35.1 Å². The second-order valence-electron chi connectivity index (χ2n) is 9.42. The molecular weight excluding hydrogens is 422 g/mol. The van der Waals surface area contributed by atoms with Crippen molar-refractivity contribution in [3.8, 4) is 11.3 Å². The van der Waals surface area contributed by atoms with Crippen LogP contribution in [-0.2, 0) is 9.47 Å². The Morgan fingerprint density at radius 3 is 2.06 bits per heavy atom. The van der Waals surface area contributed by atoms with Gasteiger partial charge in [0.05, 0.1) is 16.9 Å². The van der Waals surface area contributed by atoms with Gasteiger partial charge < -0.3 is 9.47 Å². The van der Waals surface area contributed by atoms with Gasteiger partial charge >= 0.3 is 12.2 Å². The van der Waals surface area contributed by atoms with Crippen LogP contribution in [0.25, 0.3) is 22.2 Å². The van der Waals surface area contributed by atoms with Crippen molar-refractivity contribution in [1.82, 2.24) is 9.97 Å². The molecule has 0 radical (unpaired) electrons. The average molecular weight is 450 g/mol. The van der Waals surface area contributed by atoms with E-state index in [1.165, 1.54) is 6.07 Å². The molecule has 0 saturated carbocycles. The first-order valence-corrected chi connectivity index (χ1v) is 10.4. The van der Waals surface area contributed by atoms with Crippen LogP contribution in [0.15, 0.2) is 48.8 Å². The van der Waals surface area contributed by atoms with Crippen LogP contribution in [-0.4, -0.2) is 39.6 Å². The molecule has 0 aliphatic carbocycles. The molecule has 3 aromatic rings. The molecule has 0 bridgehead atoms. The maximum atomic E-state index is 13.1. The number of carbonyl (C=O) groups is 3. The van der Waals surface area contributed by atoms with E-state index in [4.69, 9.17) is 9.47 Å². The van der Waals surface area contributed by atoms with E-state index in [9.17, 15) is 14.4 Å². The summed E-state index contributed by atoms with van der Waals surface area (Å²) in [5.41, 5.74) is 0.350. The second-order valence-corrected chi connectivity index (χ2v) is 9.42. The van der Waals surface area contributed by atoms with Gasteiger partial charge in [-0.2, -0.15) is 4.90 Å². The molecule has 0 atom stereocenters. The standard InChI is InChI=1S/C25H27N3O5/c1-24(2,3)32-22(30)28(23(31)33-25(4,5)6)21-17(15-29)9-11-20-18(21)10-12-19(27-20)16-8-7-13-26-14-16/h7-15H,1-6H3. The van der Waals surface area contributed by atoms with E-state index in [2.05, 4.69) is 9.97 Å². The number of pyridine rings is 2. The highest BCUT2D eigenvalue weighted by atomic mass is 16.6. The van der Waals surface area contributed by atoms with Crippen molar-refractivity contribution in [3.05, 3.63) is 54.4 Å². The van der Waals surface area contributed by atoms with Crippen molar-refractivity contribution in [3.63, 3.8) is 0 Å². The fraction of sp³-hybridized carbons (Fsp3) is 0.320. The van der Waals surface area contributed by atoms with Crippen LogP contribution in [0.2, 0.25) is 0 Å². The molecule has 2 amide bonds. The lowest BCUT2D eigenvalue weighted by atomic mass is 10.1. The number of fused-ring (bicyclic) bond motifs is 1. The van der Waals surface area contributed by atoms with Crippen molar-refractivity contribution < 1.29 is 23.9 Å². The fourth-order valence-electron chi connectivity index (χ4n) is 3.10. The molecule has 2 heterocycles. The number of amides is 2. The van der Waals surface area contributed by atoms with Crippen LogP contribution in [0.1, 0.15) is 51.9 Å². The van der Waals surface area contributed by atoms with Crippen LogP contribution < -0.4 is 4.90 Å². The van der Waals surface area contributed by atoms with Gasteiger partial charge in [-0.25, -0.2) is 14.6 Å². The number of nitrogens with zero attached hydrogens (tertiary/aromatic N) is 3. The van der Waals surface area contributed by atoms with Gasteiger partial charge in [0, 0.05) is 28.9 Å². The predicted octanol–water partition coefficient (Wildman–Crippen LogP) is 5.79. The molecule has 0 aliphatic rings.